The average molecular weight is 224 g/mol. The number of sulfonamides is 1. The van der Waals surface area contributed by atoms with Gasteiger partial charge in [0.1, 0.15) is 11.0 Å². The number of rotatable bonds is 3. The zero-order valence-corrected chi connectivity index (χ0v) is 8.85. The van der Waals surface area contributed by atoms with Gasteiger partial charge < -0.3 is 0 Å². The number of hydrogen-bond acceptors (Lipinski definition) is 3. The molecule has 0 saturated carbocycles. The lowest BCUT2D eigenvalue weighted by Gasteiger charge is -2.03. The van der Waals surface area contributed by atoms with E-state index >= 15 is 0 Å². The first-order valence-electron chi connectivity index (χ1n) is 3.52. The fourth-order valence-electron chi connectivity index (χ4n) is 0.893. The Kier molecular flexibility index (Phi) is 2.82. The molecule has 5 nitrogen and oxygen atoms in total. The van der Waals surface area contributed by atoms with Crippen molar-refractivity contribution in [1.82, 2.24) is 9.78 Å². The highest BCUT2D eigenvalue weighted by Crippen LogP contribution is 2.10. The summed E-state index contributed by atoms with van der Waals surface area (Å²) in [6, 6.07) is 1.63. The highest BCUT2D eigenvalue weighted by Gasteiger charge is 2.10. The molecule has 1 aromatic rings. The summed E-state index contributed by atoms with van der Waals surface area (Å²) in [5.74, 6) is 0.415. The van der Waals surface area contributed by atoms with Crippen LogP contribution in [0.3, 0.4) is 0 Å². The standard InChI is InChI=1S/C6H10ClN3O2S/c1-5-3-6(10(2)8-5)9-13(11,12)4-7/h3,9H,4H2,1-2H3. The lowest BCUT2D eigenvalue weighted by Crippen LogP contribution is -2.15. The molecule has 0 bridgehead atoms. The largest absolute Gasteiger partial charge is 0.267 e. The van der Waals surface area contributed by atoms with Crippen LogP contribution in [0.15, 0.2) is 6.07 Å². The van der Waals surface area contributed by atoms with E-state index in [4.69, 9.17) is 11.6 Å². The molecule has 0 spiro atoms. The molecular weight excluding hydrogens is 214 g/mol. The molecule has 1 aromatic heterocycles. The molecule has 0 saturated heterocycles. The average Bonchev–Trinajstić information content (AvgIpc) is 2.30. The van der Waals surface area contributed by atoms with Crippen molar-refractivity contribution in [1.29, 1.82) is 0 Å². The fraction of sp³-hybridized carbons (Fsp3) is 0.500. The smallest absolute Gasteiger partial charge is 0.247 e. The molecule has 0 unspecified atom stereocenters. The number of nitrogens with zero attached hydrogens (tertiary/aromatic N) is 2. The molecule has 1 N–H and O–H groups in total. The van der Waals surface area contributed by atoms with Crippen LogP contribution in [-0.2, 0) is 17.1 Å². The van der Waals surface area contributed by atoms with E-state index in [1.54, 1.807) is 20.0 Å². The first-order valence-corrected chi connectivity index (χ1v) is 5.70. The summed E-state index contributed by atoms with van der Waals surface area (Å²) < 4.78 is 25.8. The predicted octanol–water partition coefficient (Wildman–Crippen LogP) is 0.667. The first-order chi connectivity index (χ1) is 5.94. The van der Waals surface area contributed by atoms with Crippen LogP contribution in [0.1, 0.15) is 5.69 Å². The Morgan fingerprint density at radius 2 is 2.31 bits per heavy atom. The number of anilines is 1. The van der Waals surface area contributed by atoms with Crippen molar-refractivity contribution in [2.24, 2.45) is 7.05 Å². The first kappa shape index (κ1) is 10.3. The summed E-state index contributed by atoms with van der Waals surface area (Å²) >= 11 is 5.22. The van der Waals surface area contributed by atoms with Gasteiger partial charge in [0, 0.05) is 13.1 Å². The highest BCUT2D eigenvalue weighted by molar-refractivity contribution is 7.93. The van der Waals surface area contributed by atoms with Gasteiger partial charge >= 0.3 is 0 Å². The van der Waals surface area contributed by atoms with E-state index in [0.29, 0.717) is 5.82 Å². The Labute approximate surface area is 81.7 Å². The third-order valence-corrected chi connectivity index (χ3v) is 3.07. The van der Waals surface area contributed by atoms with Crippen LogP contribution in [0.4, 0.5) is 5.82 Å². The lowest BCUT2D eigenvalue weighted by atomic mass is 10.5. The van der Waals surface area contributed by atoms with E-state index in [9.17, 15) is 8.42 Å². The van der Waals surface area contributed by atoms with Gasteiger partial charge in [-0.3, -0.25) is 9.40 Å². The molecule has 0 radical (unpaired) electrons. The molecule has 0 aromatic carbocycles. The van der Waals surface area contributed by atoms with Gasteiger partial charge in [-0.2, -0.15) is 5.10 Å². The van der Waals surface area contributed by atoms with Crippen LogP contribution < -0.4 is 4.72 Å². The maximum Gasteiger partial charge on any atom is 0.247 e. The summed E-state index contributed by atoms with van der Waals surface area (Å²) in [5, 5.41) is 3.52. The minimum Gasteiger partial charge on any atom is -0.267 e. The fourth-order valence-corrected chi connectivity index (χ4v) is 1.62. The molecule has 74 valence electrons. The van der Waals surface area contributed by atoms with Crippen molar-refractivity contribution in [3.05, 3.63) is 11.8 Å². The molecule has 0 amide bonds. The normalized spacial score (nSPS) is 11.6. The molecule has 0 atom stereocenters. The Hall–Kier alpha value is -0.750. The van der Waals surface area contributed by atoms with Crippen LogP contribution in [-0.4, -0.2) is 23.4 Å². The van der Waals surface area contributed by atoms with Gasteiger partial charge in [0.25, 0.3) is 0 Å². The van der Waals surface area contributed by atoms with Crippen molar-refractivity contribution >= 4 is 27.4 Å². The van der Waals surface area contributed by atoms with Crippen LogP contribution in [0.2, 0.25) is 0 Å². The number of halogens is 1. The number of nitrogens with one attached hydrogen (secondary N) is 1. The maximum atomic E-state index is 11.0. The van der Waals surface area contributed by atoms with Gasteiger partial charge in [0.15, 0.2) is 0 Å². The second kappa shape index (κ2) is 3.55. The maximum absolute atomic E-state index is 11.0. The van der Waals surface area contributed by atoms with Gasteiger partial charge in [-0.1, -0.05) is 0 Å². The number of aryl methyl sites for hydroxylation is 2. The van der Waals surface area contributed by atoms with Gasteiger partial charge in [-0.15, -0.1) is 11.6 Å². The van der Waals surface area contributed by atoms with E-state index in [1.165, 1.54) is 4.68 Å². The van der Waals surface area contributed by atoms with E-state index in [0.717, 1.165) is 5.69 Å². The summed E-state index contributed by atoms with van der Waals surface area (Å²) in [7, 11) is -1.78. The molecule has 0 aliphatic rings. The SMILES string of the molecule is Cc1cc(NS(=O)(=O)CCl)n(C)n1. The van der Waals surface area contributed by atoms with E-state index in [-0.39, 0.29) is 0 Å². The Balaban J connectivity index is 2.92. The van der Waals surface area contributed by atoms with Crippen molar-refractivity contribution in [2.45, 2.75) is 6.92 Å². The second-order valence-electron chi connectivity index (χ2n) is 2.62. The quantitative estimate of drug-likeness (QED) is 0.766. The molecule has 1 heterocycles. The van der Waals surface area contributed by atoms with E-state index in [2.05, 4.69) is 9.82 Å². The predicted molar refractivity (Wildman–Crippen MR) is 51.2 cm³/mol. The van der Waals surface area contributed by atoms with Crippen molar-refractivity contribution in [2.75, 3.05) is 9.93 Å². The van der Waals surface area contributed by atoms with Crippen molar-refractivity contribution in [3.63, 3.8) is 0 Å². The number of aromatic nitrogens is 2. The Morgan fingerprint density at radius 3 is 2.69 bits per heavy atom. The minimum atomic E-state index is -3.43. The Morgan fingerprint density at radius 1 is 1.69 bits per heavy atom. The van der Waals surface area contributed by atoms with Crippen molar-refractivity contribution in [3.8, 4) is 0 Å². The summed E-state index contributed by atoms with van der Waals surface area (Å²) in [4.78, 5) is 0. The third kappa shape index (κ3) is 2.60. The number of hydrogen-bond donors (Lipinski definition) is 1. The summed E-state index contributed by atoms with van der Waals surface area (Å²) in [6.45, 7) is 1.78. The second-order valence-corrected chi connectivity index (χ2v) is 4.93. The highest BCUT2D eigenvalue weighted by atomic mass is 35.5. The minimum absolute atomic E-state index is 0.415. The van der Waals surface area contributed by atoms with Gasteiger partial charge in [-0.05, 0) is 6.92 Å². The Bertz CT molecular complexity index is 398. The molecule has 7 heteroatoms. The summed E-state index contributed by atoms with van der Waals surface area (Å²) in [5.41, 5.74) is 0.745. The zero-order chi connectivity index (χ0) is 10.1. The zero-order valence-electron chi connectivity index (χ0n) is 7.28. The molecule has 0 aliphatic heterocycles. The molecule has 0 fully saturated rings. The topological polar surface area (TPSA) is 64.0 Å². The van der Waals surface area contributed by atoms with Crippen LogP contribution >= 0.6 is 11.6 Å². The molecular formula is C6H10ClN3O2S. The molecule has 13 heavy (non-hydrogen) atoms. The van der Waals surface area contributed by atoms with Crippen molar-refractivity contribution < 1.29 is 8.42 Å². The lowest BCUT2D eigenvalue weighted by molar-refractivity contribution is 0.604. The van der Waals surface area contributed by atoms with Crippen LogP contribution in [0, 0.1) is 6.92 Å². The van der Waals surface area contributed by atoms with Gasteiger partial charge in [-0.25, -0.2) is 8.42 Å². The van der Waals surface area contributed by atoms with Gasteiger partial charge in [0.2, 0.25) is 10.0 Å². The van der Waals surface area contributed by atoms with Crippen LogP contribution in [0.5, 0.6) is 0 Å². The molecule has 0 aliphatic carbocycles. The molecule has 1 rings (SSSR count). The number of alkyl halides is 1. The van der Waals surface area contributed by atoms with E-state index < -0.39 is 15.2 Å². The van der Waals surface area contributed by atoms with Crippen LogP contribution in [0.25, 0.3) is 0 Å². The third-order valence-electron chi connectivity index (χ3n) is 1.41. The van der Waals surface area contributed by atoms with Gasteiger partial charge in [0.05, 0.1) is 5.69 Å². The van der Waals surface area contributed by atoms with E-state index in [1.807, 2.05) is 0 Å². The monoisotopic (exact) mass is 223 g/mol. The summed E-state index contributed by atoms with van der Waals surface area (Å²) in [6.07, 6.45) is 0.